The predicted molar refractivity (Wildman–Crippen MR) is 48.8 cm³/mol. The van der Waals surface area contributed by atoms with E-state index >= 15 is 0 Å². The van der Waals surface area contributed by atoms with E-state index in [1.807, 2.05) is 0 Å². The van der Waals surface area contributed by atoms with Crippen LogP contribution in [0.3, 0.4) is 0 Å². The van der Waals surface area contributed by atoms with E-state index < -0.39 is 34.9 Å². The lowest BCUT2D eigenvalue weighted by atomic mass is 10.1. The number of alkyl halides is 6. The third kappa shape index (κ3) is 2.74. The molecule has 0 aliphatic carbocycles. The van der Waals surface area contributed by atoms with Gasteiger partial charge in [-0.2, -0.15) is 13.2 Å². The molecule has 0 aliphatic heterocycles. The summed E-state index contributed by atoms with van der Waals surface area (Å²) in [5.74, 6) is -0.495. The van der Waals surface area contributed by atoms with E-state index in [-0.39, 0.29) is 5.56 Å². The Morgan fingerprint density at radius 3 is 2.25 bits per heavy atom. The summed E-state index contributed by atoms with van der Waals surface area (Å²) in [6, 6.07) is 0.894. The molecule has 0 atom stereocenters. The van der Waals surface area contributed by atoms with Crippen LogP contribution in [0.25, 0.3) is 0 Å². The largest absolute Gasteiger partial charge is 0.433 e. The number of aromatic nitrogens is 1. The summed E-state index contributed by atoms with van der Waals surface area (Å²) in [6.07, 6.45) is -8.30. The quantitative estimate of drug-likeness (QED) is 0.443. The fourth-order valence-electron chi connectivity index (χ4n) is 1.14. The van der Waals surface area contributed by atoms with Gasteiger partial charge in [-0.15, -0.1) is 11.6 Å². The van der Waals surface area contributed by atoms with Crippen molar-refractivity contribution in [2.75, 3.05) is 0 Å². The molecule has 0 fully saturated rings. The van der Waals surface area contributed by atoms with Crippen LogP contribution in [0, 0.1) is 0 Å². The molecule has 1 nitrogen and oxygen atoms in total. The molecule has 0 N–H and O–H groups in total. The molecule has 1 rings (SSSR count). The zero-order valence-electron chi connectivity index (χ0n) is 7.45. The van der Waals surface area contributed by atoms with E-state index in [2.05, 4.69) is 4.98 Å². The molecule has 0 aromatic carbocycles. The van der Waals surface area contributed by atoms with Gasteiger partial charge in [0.2, 0.25) is 0 Å². The van der Waals surface area contributed by atoms with Gasteiger partial charge < -0.3 is 0 Å². The number of halogens is 7. The monoisotopic (exact) mass is 279 g/mol. The molecule has 0 bridgehead atoms. The molecule has 0 aliphatic rings. The van der Waals surface area contributed by atoms with Crippen LogP contribution in [0.15, 0.2) is 6.07 Å². The Hall–Kier alpha value is -0.620. The van der Waals surface area contributed by atoms with Crippen LogP contribution < -0.4 is 0 Å². The van der Waals surface area contributed by atoms with Gasteiger partial charge in [-0.3, -0.25) is 0 Å². The molecule has 0 saturated heterocycles. The van der Waals surface area contributed by atoms with Gasteiger partial charge >= 0.3 is 6.18 Å². The zero-order chi connectivity index (χ0) is 12.5. The molecule has 0 unspecified atom stereocenters. The molecule has 0 saturated carbocycles. The van der Waals surface area contributed by atoms with Gasteiger partial charge in [0, 0.05) is 5.88 Å². The minimum atomic E-state index is -4.99. The van der Waals surface area contributed by atoms with Crippen molar-refractivity contribution in [2.45, 2.75) is 18.5 Å². The van der Waals surface area contributed by atoms with Crippen LogP contribution in [0.5, 0.6) is 0 Å². The van der Waals surface area contributed by atoms with Crippen LogP contribution in [-0.2, 0) is 12.1 Å². The highest BCUT2D eigenvalue weighted by Crippen LogP contribution is 2.38. The zero-order valence-corrected chi connectivity index (χ0v) is 8.97. The first kappa shape index (κ1) is 13.4. The average molecular weight is 280 g/mol. The molecule has 90 valence electrons. The highest BCUT2D eigenvalue weighted by atomic mass is 35.5. The van der Waals surface area contributed by atoms with Crippen LogP contribution in [0.2, 0.25) is 5.15 Å². The van der Waals surface area contributed by atoms with Crippen molar-refractivity contribution in [3.8, 4) is 0 Å². The van der Waals surface area contributed by atoms with Gasteiger partial charge in [0.25, 0.3) is 6.43 Å². The van der Waals surface area contributed by atoms with Gasteiger partial charge in [-0.05, 0) is 11.6 Å². The third-order valence-electron chi connectivity index (χ3n) is 1.74. The summed E-state index contributed by atoms with van der Waals surface area (Å²) in [5.41, 5.74) is -3.28. The minimum absolute atomic E-state index is 0.371. The van der Waals surface area contributed by atoms with Crippen molar-refractivity contribution in [1.82, 2.24) is 4.98 Å². The molecule has 0 spiro atoms. The van der Waals surface area contributed by atoms with Crippen molar-refractivity contribution in [1.29, 1.82) is 0 Å². The van der Waals surface area contributed by atoms with E-state index in [1.54, 1.807) is 0 Å². The number of pyridine rings is 1. The number of hydrogen-bond acceptors (Lipinski definition) is 1. The number of rotatable bonds is 2. The lowest BCUT2D eigenvalue weighted by molar-refractivity contribution is -0.143. The van der Waals surface area contributed by atoms with Crippen molar-refractivity contribution >= 4 is 23.2 Å². The van der Waals surface area contributed by atoms with Crippen LogP contribution in [0.4, 0.5) is 22.0 Å². The normalized spacial score (nSPS) is 12.2. The number of nitrogens with zero attached hydrogens (tertiary/aromatic N) is 1. The van der Waals surface area contributed by atoms with Crippen molar-refractivity contribution in [3.05, 3.63) is 28.0 Å². The highest BCUT2D eigenvalue weighted by Gasteiger charge is 2.39. The SMILES string of the molecule is FC(F)c1c(CCl)cc(Cl)nc1C(F)(F)F. The van der Waals surface area contributed by atoms with Crippen molar-refractivity contribution in [2.24, 2.45) is 0 Å². The second-order valence-electron chi connectivity index (χ2n) is 2.80. The van der Waals surface area contributed by atoms with E-state index in [0.29, 0.717) is 0 Å². The maximum atomic E-state index is 12.5. The van der Waals surface area contributed by atoms with Gasteiger partial charge in [0.05, 0.1) is 5.56 Å². The van der Waals surface area contributed by atoms with E-state index in [1.165, 1.54) is 0 Å². The Bertz CT molecular complexity index is 391. The van der Waals surface area contributed by atoms with Crippen molar-refractivity contribution in [3.63, 3.8) is 0 Å². The smallest absolute Gasteiger partial charge is 0.231 e. The van der Waals surface area contributed by atoms with E-state index in [0.717, 1.165) is 6.07 Å². The van der Waals surface area contributed by atoms with E-state index in [9.17, 15) is 22.0 Å². The molecule has 1 aromatic heterocycles. The minimum Gasteiger partial charge on any atom is -0.231 e. The second-order valence-corrected chi connectivity index (χ2v) is 3.45. The highest BCUT2D eigenvalue weighted by molar-refractivity contribution is 6.29. The summed E-state index contributed by atoms with van der Waals surface area (Å²) >= 11 is 10.6. The Balaban J connectivity index is 3.51. The summed E-state index contributed by atoms with van der Waals surface area (Å²) in [5, 5.41) is -0.521. The number of hydrogen-bond donors (Lipinski definition) is 0. The first-order valence-corrected chi connectivity index (χ1v) is 4.79. The average Bonchev–Trinajstić information content (AvgIpc) is 2.14. The van der Waals surface area contributed by atoms with Gasteiger partial charge in [0.15, 0.2) is 5.69 Å². The van der Waals surface area contributed by atoms with Gasteiger partial charge in [-0.1, -0.05) is 11.6 Å². The molecule has 0 radical (unpaired) electrons. The summed E-state index contributed by atoms with van der Waals surface area (Å²) < 4.78 is 62.2. The standard InChI is InChI=1S/C8H4Cl2F5N/c9-2-3-1-4(10)16-6(8(13,14)15)5(3)7(11)12/h1,7H,2H2. The van der Waals surface area contributed by atoms with E-state index in [4.69, 9.17) is 23.2 Å². The fourth-order valence-corrected chi connectivity index (χ4v) is 1.58. The summed E-state index contributed by atoms with van der Waals surface area (Å²) in [7, 11) is 0. The Morgan fingerprint density at radius 2 is 1.88 bits per heavy atom. The van der Waals surface area contributed by atoms with Crippen LogP contribution in [-0.4, -0.2) is 4.98 Å². The topological polar surface area (TPSA) is 12.9 Å². The molecular formula is C8H4Cl2F5N. The predicted octanol–water partition coefficient (Wildman–Crippen LogP) is 4.43. The van der Waals surface area contributed by atoms with Gasteiger partial charge in [0.1, 0.15) is 5.15 Å². The lowest BCUT2D eigenvalue weighted by Crippen LogP contribution is -2.14. The molecule has 8 heteroatoms. The fraction of sp³-hybridized carbons (Fsp3) is 0.375. The Kier molecular flexibility index (Phi) is 3.96. The first-order valence-electron chi connectivity index (χ1n) is 3.88. The molecule has 0 amide bonds. The summed E-state index contributed by atoms with van der Waals surface area (Å²) in [6.45, 7) is 0. The Morgan fingerprint density at radius 1 is 1.31 bits per heavy atom. The molecule has 16 heavy (non-hydrogen) atoms. The Labute approximate surface area is 97.2 Å². The van der Waals surface area contributed by atoms with Crippen molar-refractivity contribution < 1.29 is 22.0 Å². The molecule has 1 aromatic rings. The third-order valence-corrected chi connectivity index (χ3v) is 2.23. The maximum absolute atomic E-state index is 12.5. The van der Waals surface area contributed by atoms with Crippen LogP contribution >= 0.6 is 23.2 Å². The summed E-state index contributed by atoms with van der Waals surface area (Å²) in [4.78, 5) is 2.88. The molecule has 1 heterocycles. The second kappa shape index (κ2) is 4.71. The molecular weight excluding hydrogens is 276 g/mol. The van der Waals surface area contributed by atoms with Gasteiger partial charge in [-0.25, -0.2) is 13.8 Å². The lowest BCUT2D eigenvalue weighted by Gasteiger charge is -2.14. The maximum Gasteiger partial charge on any atom is 0.433 e. The van der Waals surface area contributed by atoms with Crippen LogP contribution in [0.1, 0.15) is 23.2 Å². The first-order chi connectivity index (χ1) is 7.27.